The summed E-state index contributed by atoms with van der Waals surface area (Å²) in [4.78, 5) is 14.5. The van der Waals surface area contributed by atoms with Crippen molar-refractivity contribution in [2.24, 2.45) is 0 Å². The molecule has 0 unspecified atom stereocenters. The van der Waals surface area contributed by atoms with E-state index in [-0.39, 0.29) is 6.54 Å². The lowest BCUT2D eigenvalue weighted by Gasteiger charge is -2.07. The summed E-state index contributed by atoms with van der Waals surface area (Å²) in [6, 6.07) is 5.33. The first kappa shape index (κ1) is 13.7. The molecule has 1 heterocycles. The zero-order chi connectivity index (χ0) is 14.5. The number of carbonyl (C=O) groups is 1. The van der Waals surface area contributed by atoms with Crippen molar-refractivity contribution in [2.45, 2.75) is 6.54 Å². The molecule has 0 bridgehead atoms. The van der Waals surface area contributed by atoms with Gasteiger partial charge in [-0.1, -0.05) is 6.07 Å². The van der Waals surface area contributed by atoms with Gasteiger partial charge in [0.25, 0.3) is 0 Å². The normalized spacial score (nSPS) is 10.2. The van der Waals surface area contributed by atoms with Crippen LogP contribution in [0.25, 0.3) is 11.4 Å². The number of nitrogens with zero attached hydrogens (tertiary/aromatic N) is 3. The molecule has 0 saturated carbocycles. The molecule has 8 nitrogen and oxygen atoms in total. The van der Waals surface area contributed by atoms with Crippen LogP contribution in [0, 0.1) is 0 Å². The standard InChI is InChI=1S/C12H15N5O3/c1-20-10-8(3-2-4-9(10)13)11-15-7-17(16-11)6-5-14-12(18)19/h2-4,7,14H,5-6,13H2,1H3,(H,18,19). The van der Waals surface area contributed by atoms with Gasteiger partial charge in [-0.2, -0.15) is 5.10 Å². The number of para-hydroxylation sites is 1. The summed E-state index contributed by atoms with van der Waals surface area (Å²) in [6.07, 6.45) is 0.462. The molecule has 1 aromatic heterocycles. The first-order chi connectivity index (χ1) is 9.61. The Labute approximate surface area is 115 Å². The van der Waals surface area contributed by atoms with E-state index in [0.29, 0.717) is 29.4 Å². The van der Waals surface area contributed by atoms with E-state index in [9.17, 15) is 4.79 Å². The molecule has 0 fully saturated rings. The molecule has 0 aliphatic heterocycles. The number of aromatic nitrogens is 3. The molecular formula is C12H15N5O3. The summed E-state index contributed by atoms with van der Waals surface area (Å²) in [5.74, 6) is 0.999. The Bertz CT molecular complexity index is 611. The first-order valence-corrected chi connectivity index (χ1v) is 5.91. The number of rotatable bonds is 5. The monoisotopic (exact) mass is 277 g/mol. The van der Waals surface area contributed by atoms with E-state index in [4.69, 9.17) is 15.6 Å². The van der Waals surface area contributed by atoms with Crippen LogP contribution < -0.4 is 15.8 Å². The third-order valence-electron chi connectivity index (χ3n) is 2.64. The SMILES string of the molecule is COc1c(N)cccc1-c1ncn(CCNC(=O)O)n1. The minimum absolute atomic E-state index is 0.256. The summed E-state index contributed by atoms with van der Waals surface area (Å²) < 4.78 is 6.80. The number of nitrogens with one attached hydrogen (secondary N) is 1. The number of hydrogen-bond donors (Lipinski definition) is 3. The number of nitrogen functional groups attached to an aromatic ring is 1. The largest absolute Gasteiger partial charge is 0.494 e. The van der Waals surface area contributed by atoms with Crippen LogP contribution in [0.2, 0.25) is 0 Å². The summed E-state index contributed by atoms with van der Waals surface area (Å²) in [7, 11) is 1.53. The van der Waals surface area contributed by atoms with Crippen molar-refractivity contribution in [1.29, 1.82) is 0 Å². The van der Waals surface area contributed by atoms with Gasteiger partial charge in [0.05, 0.1) is 24.9 Å². The van der Waals surface area contributed by atoms with Crippen molar-refractivity contribution in [3.05, 3.63) is 24.5 Å². The Hall–Kier alpha value is -2.77. The Balaban J connectivity index is 2.16. The topological polar surface area (TPSA) is 115 Å². The second-order valence-corrected chi connectivity index (χ2v) is 3.99. The molecule has 4 N–H and O–H groups in total. The maximum Gasteiger partial charge on any atom is 0.404 e. The van der Waals surface area contributed by atoms with Gasteiger partial charge in [0.15, 0.2) is 11.6 Å². The predicted octanol–water partition coefficient (Wildman–Crippen LogP) is 0.803. The third kappa shape index (κ3) is 2.97. The molecule has 20 heavy (non-hydrogen) atoms. The van der Waals surface area contributed by atoms with Crippen LogP contribution in [-0.2, 0) is 6.54 Å². The zero-order valence-electron chi connectivity index (χ0n) is 10.9. The quantitative estimate of drug-likeness (QED) is 0.696. The molecule has 1 aromatic carbocycles. The lowest BCUT2D eigenvalue weighted by atomic mass is 10.1. The number of amides is 1. The third-order valence-corrected chi connectivity index (χ3v) is 2.64. The fourth-order valence-corrected chi connectivity index (χ4v) is 1.76. The first-order valence-electron chi connectivity index (χ1n) is 5.91. The lowest BCUT2D eigenvalue weighted by Crippen LogP contribution is -2.25. The van der Waals surface area contributed by atoms with E-state index in [1.165, 1.54) is 13.4 Å². The summed E-state index contributed by atoms with van der Waals surface area (Å²) in [6.45, 7) is 0.649. The van der Waals surface area contributed by atoms with Gasteiger partial charge in [-0.05, 0) is 12.1 Å². The number of anilines is 1. The van der Waals surface area contributed by atoms with Gasteiger partial charge in [-0.15, -0.1) is 0 Å². The van der Waals surface area contributed by atoms with Crippen molar-refractivity contribution < 1.29 is 14.6 Å². The number of methoxy groups -OCH3 is 1. The van der Waals surface area contributed by atoms with Crippen molar-refractivity contribution in [1.82, 2.24) is 20.1 Å². The highest BCUT2D eigenvalue weighted by atomic mass is 16.5. The van der Waals surface area contributed by atoms with Gasteiger partial charge in [-0.25, -0.2) is 9.78 Å². The van der Waals surface area contributed by atoms with Crippen LogP contribution in [-0.4, -0.2) is 39.6 Å². The van der Waals surface area contributed by atoms with Gasteiger partial charge >= 0.3 is 6.09 Å². The fourth-order valence-electron chi connectivity index (χ4n) is 1.76. The minimum Gasteiger partial charge on any atom is -0.494 e. The van der Waals surface area contributed by atoms with E-state index in [0.717, 1.165) is 0 Å². The highest BCUT2D eigenvalue weighted by molar-refractivity contribution is 5.72. The second kappa shape index (κ2) is 5.91. The Morgan fingerprint density at radius 3 is 3.05 bits per heavy atom. The molecule has 0 aliphatic rings. The number of benzene rings is 1. The maximum atomic E-state index is 10.4. The molecule has 0 atom stereocenters. The van der Waals surface area contributed by atoms with Crippen LogP contribution in [0.3, 0.4) is 0 Å². The molecule has 0 spiro atoms. The fraction of sp³-hybridized carbons (Fsp3) is 0.250. The number of nitrogens with two attached hydrogens (primary N) is 1. The average molecular weight is 277 g/mol. The highest BCUT2D eigenvalue weighted by Crippen LogP contribution is 2.32. The van der Waals surface area contributed by atoms with Crippen LogP contribution in [0.5, 0.6) is 5.75 Å². The number of hydrogen-bond acceptors (Lipinski definition) is 5. The molecule has 0 radical (unpaired) electrons. The van der Waals surface area contributed by atoms with Crippen molar-refractivity contribution in [2.75, 3.05) is 19.4 Å². The lowest BCUT2D eigenvalue weighted by molar-refractivity contribution is 0.194. The average Bonchev–Trinajstić information content (AvgIpc) is 2.86. The number of carboxylic acid groups (broad SMARTS) is 1. The highest BCUT2D eigenvalue weighted by Gasteiger charge is 2.12. The predicted molar refractivity (Wildman–Crippen MR) is 72.4 cm³/mol. The second-order valence-electron chi connectivity index (χ2n) is 3.99. The van der Waals surface area contributed by atoms with E-state index in [2.05, 4.69) is 15.4 Å². The van der Waals surface area contributed by atoms with Crippen LogP contribution in [0.4, 0.5) is 10.5 Å². The molecule has 0 aliphatic carbocycles. The summed E-state index contributed by atoms with van der Waals surface area (Å²) in [5.41, 5.74) is 7.03. The van der Waals surface area contributed by atoms with Gasteiger partial charge < -0.3 is 20.9 Å². The van der Waals surface area contributed by atoms with Crippen LogP contribution in [0.1, 0.15) is 0 Å². The molecule has 2 aromatic rings. The van der Waals surface area contributed by atoms with E-state index in [1.54, 1.807) is 16.8 Å². The molecule has 2 rings (SSSR count). The minimum atomic E-state index is -1.07. The Morgan fingerprint density at radius 2 is 2.35 bits per heavy atom. The van der Waals surface area contributed by atoms with Crippen LogP contribution >= 0.6 is 0 Å². The maximum absolute atomic E-state index is 10.4. The zero-order valence-corrected chi connectivity index (χ0v) is 10.9. The van der Waals surface area contributed by atoms with Gasteiger partial charge in [0.1, 0.15) is 6.33 Å². The number of ether oxygens (including phenoxy) is 1. The molecule has 106 valence electrons. The van der Waals surface area contributed by atoms with Gasteiger partial charge in [-0.3, -0.25) is 4.68 Å². The Kier molecular flexibility index (Phi) is 4.04. The van der Waals surface area contributed by atoms with Crippen molar-refractivity contribution in [3.63, 3.8) is 0 Å². The van der Waals surface area contributed by atoms with Gasteiger partial charge in [0, 0.05) is 6.54 Å². The van der Waals surface area contributed by atoms with Crippen molar-refractivity contribution in [3.8, 4) is 17.1 Å². The van der Waals surface area contributed by atoms with E-state index >= 15 is 0 Å². The van der Waals surface area contributed by atoms with Gasteiger partial charge in [0.2, 0.25) is 0 Å². The molecule has 0 saturated heterocycles. The van der Waals surface area contributed by atoms with Crippen LogP contribution in [0.15, 0.2) is 24.5 Å². The van der Waals surface area contributed by atoms with Crippen molar-refractivity contribution >= 4 is 11.8 Å². The van der Waals surface area contributed by atoms with E-state index in [1.807, 2.05) is 6.07 Å². The van der Waals surface area contributed by atoms with E-state index < -0.39 is 6.09 Å². The summed E-state index contributed by atoms with van der Waals surface area (Å²) >= 11 is 0. The molecule has 8 heteroatoms. The molecule has 1 amide bonds. The molecular weight excluding hydrogens is 262 g/mol. The summed E-state index contributed by atoms with van der Waals surface area (Å²) in [5, 5.41) is 15.0. The smallest absolute Gasteiger partial charge is 0.404 e. The Morgan fingerprint density at radius 1 is 1.55 bits per heavy atom.